The van der Waals surface area contributed by atoms with E-state index in [4.69, 9.17) is 9.47 Å². The third-order valence-electron chi connectivity index (χ3n) is 5.95. The number of aliphatic imine (C=N–C) groups is 1. The molecule has 1 radical (unpaired) electrons. The zero-order valence-corrected chi connectivity index (χ0v) is 17.8. The molecule has 3 aromatic carbocycles. The van der Waals surface area contributed by atoms with Crippen molar-refractivity contribution >= 4 is 18.0 Å². The first-order valence-corrected chi connectivity index (χ1v) is 10.3. The zero-order chi connectivity index (χ0) is 22.2. The molecule has 0 fully saturated rings. The van der Waals surface area contributed by atoms with Gasteiger partial charge in [-0.05, 0) is 47.4 Å². The van der Waals surface area contributed by atoms with Crippen molar-refractivity contribution in [3.8, 4) is 11.5 Å². The lowest BCUT2D eigenvalue weighted by Gasteiger charge is -2.21. The summed E-state index contributed by atoms with van der Waals surface area (Å²) in [6.07, 6.45) is 3.85. The van der Waals surface area contributed by atoms with Crippen LogP contribution in [0.3, 0.4) is 0 Å². The Morgan fingerprint density at radius 2 is 1.56 bits per heavy atom. The fraction of sp³-hybridized carbons (Fsp3) is 0.192. The summed E-state index contributed by atoms with van der Waals surface area (Å²) in [5, 5.41) is 0. The standard InChI is InChI=1S/C26H21N2O4/c1-31-23-12-18-11-22(27-14-19(18)13-24(23)32-2)17-9-7-16(8-10-17)15-28-25(29)20-5-3-4-6-21(20)26(28)30/h3-10,12-13,22H,11,15H2,1-2H3. The molecular formula is C26H21N2O4. The lowest BCUT2D eigenvalue weighted by Crippen LogP contribution is -2.29. The molecule has 5 rings (SSSR count). The lowest BCUT2D eigenvalue weighted by atomic mass is 9.93. The fourth-order valence-electron chi connectivity index (χ4n) is 4.20. The Bertz CT molecular complexity index is 1210. The van der Waals surface area contributed by atoms with Gasteiger partial charge >= 0.3 is 0 Å². The maximum atomic E-state index is 12.6. The van der Waals surface area contributed by atoms with E-state index in [2.05, 4.69) is 11.2 Å². The van der Waals surface area contributed by atoms with Crippen molar-refractivity contribution in [3.05, 3.63) is 94.0 Å². The highest BCUT2D eigenvalue weighted by Crippen LogP contribution is 2.35. The summed E-state index contributed by atoms with van der Waals surface area (Å²) < 4.78 is 10.8. The Hall–Kier alpha value is -3.93. The number of carbonyl (C=O) groups excluding carboxylic acids is 2. The van der Waals surface area contributed by atoms with Crippen LogP contribution in [-0.4, -0.2) is 37.1 Å². The molecule has 0 saturated carbocycles. The monoisotopic (exact) mass is 425 g/mol. The summed E-state index contributed by atoms with van der Waals surface area (Å²) in [5.41, 5.74) is 4.86. The summed E-state index contributed by atoms with van der Waals surface area (Å²) in [4.78, 5) is 31.1. The van der Waals surface area contributed by atoms with Crippen LogP contribution >= 0.6 is 0 Å². The van der Waals surface area contributed by atoms with Crippen LogP contribution in [0.5, 0.6) is 11.5 Å². The SMILES string of the molecule is COc1cc2c(cc1OC)CC(c1ccc(CN3C(=O)c4ccccc4C3=O)cc1)N=[C]2. The van der Waals surface area contributed by atoms with Gasteiger partial charge in [-0.25, -0.2) is 0 Å². The van der Waals surface area contributed by atoms with Crippen LogP contribution in [0, 0.1) is 0 Å². The molecule has 0 saturated heterocycles. The number of rotatable bonds is 5. The van der Waals surface area contributed by atoms with E-state index in [1.165, 1.54) is 4.90 Å². The number of fused-ring (bicyclic) bond motifs is 2. The van der Waals surface area contributed by atoms with Crippen LogP contribution in [0.4, 0.5) is 0 Å². The molecule has 32 heavy (non-hydrogen) atoms. The quantitative estimate of drug-likeness (QED) is 0.578. The van der Waals surface area contributed by atoms with Gasteiger partial charge < -0.3 is 9.47 Å². The number of benzene rings is 3. The van der Waals surface area contributed by atoms with Crippen LogP contribution in [0.15, 0.2) is 65.7 Å². The Morgan fingerprint density at radius 3 is 2.19 bits per heavy atom. The number of nitrogens with zero attached hydrogens (tertiary/aromatic N) is 2. The van der Waals surface area contributed by atoms with Crippen LogP contribution in [0.2, 0.25) is 0 Å². The Labute approximate surface area is 186 Å². The highest BCUT2D eigenvalue weighted by atomic mass is 16.5. The summed E-state index contributed by atoms with van der Waals surface area (Å²) in [7, 11) is 3.23. The second kappa shape index (κ2) is 7.96. The number of hydrogen-bond donors (Lipinski definition) is 0. The molecule has 6 heteroatoms. The maximum absolute atomic E-state index is 12.6. The van der Waals surface area contributed by atoms with E-state index in [0.717, 1.165) is 28.7 Å². The van der Waals surface area contributed by atoms with Gasteiger partial charge in [0.05, 0.1) is 44.1 Å². The molecule has 1 unspecified atom stereocenters. The number of ether oxygens (including phenoxy) is 2. The van der Waals surface area contributed by atoms with Crippen molar-refractivity contribution in [2.24, 2.45) is 4.99 Å². The molecule has 3 aromatic rings. The lowest BCUT2D eigenvalue weighted by molar-refractivity contribution is 0.0642. The largest absolute Gasteiger partial charge is 0.493 e. The molecule has 1 atom stereocenters. The Kier molecular flexibility index (Phi) is 4.98. The first kappa shape index (κ1) is 20.0. The van der Waals surface area contributed by atoms with Crippen molar-refractivity contribution < 1.29 is 19.1 Å². The van der Waals surface area contributed by atoms with Crippen molar-refractivity contribution in [1.29, 1.82) is 0 Å². The molecule has 2 aliphatic heterocycles. The van der Waals surface area contributed by atoms with Gasteiger partial charge in [0.1, 0.15) is 0 Å². The highest BCUT2D eigenvalue weighted by Gasteiger charge is 2.35. The van der Waals surface area contributed by atoms with E-state index in [1.54, 1.807) is 38.5 Å². The maximum Gasteiger partial charge on any atom is 0.261 e. The number of amides is 2. The van der Waals surface area contributed by atoms with Crippen molar-refractivity contribution in [2.45, 2.75) is 19.0 Å². The van der Waals surface area contributed by atoms with Crippen LogP contribution in [0.1, 0.15) is 49.0 Å². The average Bonchev–Trinajstić information content (AvgIpc) is 3.08. The zero-order valence-electron chi connectivity index (χ0n) is 17.8. The van der Waals surface area contributed by atoms with Crippen LogP contribution in [-0.2, 0) is 13.0 Å². The van der Waals surface area contributed by atoms with Gasteiger partial charge in [-0.1, -0.05) is 36.4 Å². The number of methoxy groups -OCH3 is 2. The smallest absolute Gasteiger partial charge is 0.261 e. The predicted molar refractivity (Wildman–Crippen MR) is 120 cm³/mol. The van der Waals surface area contributed by atoms with Crippen molar-refractivity contribution in [3.63, 3.8) is 0 Å². The minimum Gasteiger partial charge on any atom is -0.493 e. The molecule has 2 amide bonds. The summed E-state index contributed by atoms with van der Waals surface area (Å²) >= 11 is 0. The average molecular weight is 425 g/mol. The molecule has 2 aliphatic rings. The van der Waals surface area contributed by atoms with E-state index in [9.17, 15) is 9.59 Å². The summed E-state index contributed by atoms with van der Waals surface area (Å²) in [6.45, 7) is 0.243. The number of carbonyl (C=O) groups is 2. The van der Waals surface area contributed by atoms with Gasteiger partial charge in [0.2, 0.25) is 0 Å². The Morgan fingerprint density at radius 1 is 0.938 bits per heavy atom. The minimum atomic E-state index is -0.248. The first-order valence-electron chi connectivity index (χ1n) is 10.3. The predicted octanol–water partition coefficient (Wildman–Crippen LogP) is 4.09. The van der Waals surface area contributed by atoms with Crippen molar-refractivity contribution in [2.75, 3.05) is 14.2 Å². The van der Waals surface area contributed by atoms with E-state index >= 15 is 0 Å². The highest BCUT2D eigenvalue weighted by molar-refractivity contribution is 6.21. The van der Waals surface area contributed by atoms with Gasteiger partial charge in [-0.15, -0.1) is 0 Å². The molecular weight excluding hydrogens is 404 g/mol. The minimum absolute atomic E-state index is 0.0612. The third-order valence-corrected chi connectivity index (χ3v) is 5.95. The van der Waals surface area contributed by atoms with E-state index in [0.29, 0.717) is 22.6 Å². The van der Waals surface area contributed by atoms with Crippen molar-refractivity contribution in [1.82, 2.24) is 4.90 Å². The second-order valence-corrected chi connectivity index (χ2v) is 7.81. The summed E-state index contributed by atoms with van der Waals surface area (Å²) in [6, 6.07) is 18.6. The van der Waals surface area contributed by atoms with Crippen LogP contribution in [0.25, 0.3) is 0 Å². The molecule has 6 nitrogen and oxygen atoms in total. The van der Waals surface area contributed by atoms with E-state index in [1.807, 2.05) is 36.4 Å². The molecule has 0 aliphatic carbocycles. The number of hydrogen-bond acceptors (Lipinski definition) is 5. The normalized spacial score (nSPS) is 16.7. The van der Waals surface area contributed by atoms with E-state index < -0.39 is 0 Å². The molecule has 2 heterocycles. The fourth-order valence-corrected chi connectivity index (χ4v) is 4.20. The second-order valence-electron chi connectivity index (χ2n) is 7.81. The van der Waals surface area contributed by atoms with E-state index in [-0.39, 0.29) is 24.4 Å². The van der Waals surface area contributed by atoms with Crippen LogP contribution < -0.4 is 9.47 Å². The van der Waals surface area contributed by atoms with Gasteiger partial charge in [0, 0.05) is 5.56 Å². The van der Waals surface area contributed by atoms with Gasteiger partial charge in [-0.2, -0.15) is 0 Å². The van der Waals surface area contributed by atoms with Gasteiger partial charge in [0.15, 0.2) is 11.5 Å². The third kappa shape index (κ3) is 3.34. The molecule has 0 N–H and O–H groups in total. The Balaban J connectivity index is 1.32. The topological polar surface area (TPSA) is 68.2 Å². The molecule has 0 aromatic heterocycles. The van der Waals surface area contributed by atoms with Gasteiger partial charge in [-0.3, -0.25) is 19.5 Å². The summed E-state index contributed by atoms with van der Waals surface area (Å²) in [5.74, 6) is 0.846. The molecule has 0 bridgehead atoms. The van der Waals surface area contributed by atoms with Gasteiger partial charge in [0.25, 0.3) is 11.8 Å². The molecule has 0 spiro atoms. The first-order chi connectivity index (χ1) is 15.6. The number of imide groups is 1. The molecule has 159 valence electrons.